The Morgan fingerprint density at radius 1 is 1.00 bits per heavy atom. The first-order valence-electron chi connectivity index (χ1n) is 9.62. The number of esters is 1. The minimum absolute atomic E-state index is 0.284. The highest BCUT2D eigenvalue weighted by molar-refractivity contribution is 7.20. The fraction of sp³-hybridized carbons (Fsp3) is 0.273. The summed E-state index contributed by atoms with van der Waals surface area (Å²) in [5, 5.41) is 1.04. The molecule has 3 aromatic rings. The van der Waals surface area contributed by atoms with Gasteiger partial charge in [0.2, 0.25) is 0 Å². The lowest BCUT2D eigenvalue weighted by Crippen LogP contribution is -2.49. The number of piperazine rings is 1. The van der Waals surface area contributed by atoms with Crippen LogP contribution in [-0.4, -0.2) is 49.7 Å². The van der Waals surface area contributed by atoms with Crippen LogP contribution in [0.3, 0.4) is 0 Å². The minimum atomic E-state index is -0.325. The molecule has 0 bridgehead atoms. The van der Waals surface area contributed by atoms with E-state index in [9.17, 15) is 9.59 Å². The molecule has 1 fully saturated rings. The van der Waals surface area contributed by atoms with Crippen LogP contribution in [0.1, 0.15) is 16.6 Å². The van der Waals surface area contributed by atoms with Crippen molar-refractivity contribution in [2.24, 2.45) is 0 Å². The molecule has 150 valence electrons. The zero-order chi connectivity index (χ0) is 20.2. The number of amides is 1. The van der Waals surface area contributed by atoms with E-state index in [1.54, 1.807) is 24.0 Å². The van der Waals surface area contributed by atoms with Gasteiger partial charge in [-0.05, 0) is 37.3 Å². The van der Waals surface area contributed by atoms with Gasteiger partial charge >= 0.3 is 12.1 Å². The fourth-order valence-corrected chi connectivity index (χ4v) is 4.38. The van der Waals surface area contributed by atoms with Crippen LogP contribution in [0.4, 0.5) is 10.5 Å². The molecule has 1 aliphatic heterocycles. The zero-order valence-corrected chi connectivity index (χ0v) is 17.0. The summed E-state index contributed by atoms with van der Waals surface area (Å²) < 4.78 is 11.6. The second kappa shape index (κ2) is 8.53. The summed E-state index contributed by atoms with van der Waals surface area (Å²) in [5.41, 5.74) is 1.07. The van der Waals surface area contributed by atoms with Gasteiger partial charge in [0.15, 0.2) is 0 Å². The molecule has 0 N–H and O–H groups in total. The molecule has 0 atom stereocenters. The Balaban J connectivity index is 1.45. The van der Waals surface area contributed by atoms with Crippen LogP contribution < -0.4 is 9.64 Å². The number of hydrogen-bond donors (Lipinski definition) is 0. The van der Waals surface area contributed by atoms with E-state index in [-0.39, 0.29) is 12.1 Å². The summed E-state index contributed by atoms with van der Waals surface area (Å²) >= 11 is 1.44. The first-order valence-corrected chi connectivity index (χ1v) is 10.4. The summed E-state index contributed by atoms with van der Waals surface area (Å²) in [5.74, 6) is 0.266. The Morgan fingerprint density at radius 3 is 2.48 bits per heavy atom. The summed E-state index contributed by atoms with van der Waals surface area (Å²) in [6, 6.07) is 17.1. The van der Waals surface area contributed by atoms with Gasteiger partial charge in [0.1, 0.15) is 10.6 Å². The predicted octanol–water partition coefficient (Wildman–Crippen LogP) is 4.40. The van der Waals surface area contributed by atoms with Gasteiger partial charge in [-0.3, -0.25) is 0 Å². The third kappa shape index (κ3) is 4.19. The highest BCUT2D eigenvalue weighted by Gasteiger charge is 2.24. The summed E-state index contributed by atoms with van der Waals surface area (Å²) in [6.45, 7) is 4.73. The number of rotatable bonds is 4. The molecule has 0 spiro atoms. The van der Waals surface area contributed by atoms with Crippen molar-refractivity contribution in [1.82, 2.24) is 4.90 Å². The molecule has 1 aliphatic rings. The first-order chi connectivity index (χ1) is 14.2. The van der Waals surface area contributed by atoms with Gasteiger partial charge in [0.05, 0.1) is 6.61 Å². The third-order valence-corrected chi connectivity index (χ3v) is 5.92. The first kappa shape index (κ1) is 19.3. The van der Waals surface area contributed by atoms with E-state index in [1.807, 2.05) is 36.4 Å². The number of anilines is 1. The van der Waals surface area contributed by atoms with Crippen molar-refractivity contribution in [3.8, 4) is 5.75 Å². The molecular weight excluding hydrogens is 388 g/mol. The second-order valence-corrected chi connectivity index (χ2v) is 7.76. The molecule has 0 aliphatic carbocycles. The molecule has 6 nitrogen and oxygen atoms in total. The largest absolute Gasteiger partial charge is 0.462 e. The molecule has 1 saturated heterocycles. The fourth-order valence-electron chi connectivity index (χ4n) is 3.41. The van der Waals surface area contributed by atoms with Crippen LogP contribution in [-0.2, 0) is 4.74 Å². The van der Waals surface area contributed by atoms with Gasteiger partial charge in [0.25, 0.3) is 0 Å². The van der Waals surface area contributed by atoms with Crippen molar-refractivity contribution < 1.29 is 19.1 Å². The van der Waals surface area contributed by atoms with E-state index in [4.69, 9.17) is 9.47 Å². The predicted molar refractivity (Wildman–Crippen MR) is 114 cm³/mol. The van der Waals surface area contributed by atoms with Crippen molar-refractivity contribution in [2.45, 2.75) is 6.92 Å². The van der Waals surface area contributed by atoms with Crippen molar-refractivity contribution in [3.63, 3.8) is 0 Å². The number of hydrogen-bond acceptors (Lipinski definition) is 6. The number of nitrogens with zero attached hydrogens (tertiary/aromatic N) is 2. The Kier molecular flexibility index (Phi) is 5.67. The molecule has 2 aromatic carbocycles. The van der Waals surface area contributed by atoms with Crippen molar-refractivity contribution in [2.75, 3.05) is 37.7 Å². The minimum Gasteiger partial charge on any atom is -0.462 e. The van der Waals surface area contributed by atoms with E-state index in [2.05, 4.69) is 11.0 Å². The number of para-hydroxylation sites is 1. The number of carbonyl (C=O) groups excluding carboxylic acids is 2. The number of ether oxygens (including phenoxy) is 2. The van der Waals surface area contributed by atoms with Crippen molar-refractivity contribution >= 4 is 39.2 Å². The van der Waals surface area contributed by atoms with Gasteiger partial charge < -0.3 is 19.3 Å². The van der Waals surface area contributed by atoms with E-state index >= 15 is 0 Å². The van der Waals surface area contributed by atoms with E-state index in [1.165, 1.54) is 11.3 Å². The number of thiophene rings is 1. The Labute approximate surface area is 173 Å². The molecule has 2 heterocycles. The molecule has 4 rings (SSSR count). The maximum absolute atomic E-state index is 12.4. The Morgan fingerprint density at radius 2 is 1.76 bits per heavy atom. The van der Waals surface area contributed by atoms with Crippen LogP contribution in [0, 0.1) is 0 Å². The molecule has 7 heteroatoms. The van der Waals surface area contributed by atoms with E-state index in [0.29, 0.717) is 43.4 Å². The normalized spacial score (nSPS) is 14.1. The number of benzene rings is 2. The monoisotopic (exact) mass is 410 g/mol. The van der Waals surface area contributed by atoms with Gasteiger partial charge in [-0.25, -0.2) is 9.59 Å². The maximum atomic E-state index is 12.4. The maximum Gasteiger partial charge on any atom is 0.415 e. The van der Waals surface area contributed by atoms with E-state index < -0.39 is 0 Å². The quantitative estimate of drug-likeness (QED) is 0.597. The third-order valence-electron chi connectivity index (χ3n) is 4.84. The van der Waals surface area contributed by atoms with Gasteiger partial charge in [0, 0.05) is 42.0 Å². The molecule has 1 amide bonds. The molecular formula is C22H22N2O4S. The standard InChI is InChI=1S/C22H22N2O4S/c1-2-27-21(25)20-15-17-18(9-6-10-19(17)29-20)23-11-13-24(14-12-23)22(26)28-16-7-4-3-5-8-16/h3-10,15H,2,11-14H2,1H3. The van der Waals surface area contributed by atoms with Crippen molar-refractivity contribution in [3.05, 3.63) is 59.5 Å². The Bertz CT molecular complexity index is 1010. The lowest BCUT2D eigenvalue weighted by atomic mass is 10.1. The van der Waals surface area contributed by atoms with E-state index in [0.717, 1.165) is 15.8 Å². The smallest absolute Gasteiger partial charge is 0.415 e. The average molecular weight is 410 g/mol. The van der Waals surface area contributed by atoms with Crippen LogP contribution in [0.5, 0.6) is 5.75 Å². The lowest BCUT2D eigenvalue weighted by Gasteiger charge is -2.35. The summed E-state index contributed by atoms with van der Waals surface area (Å²) in [6.07, 6.45) is -0.325. The van der Waals surface area contributed by atoms with Gasteiger partial charge in [-0.2, -0.15) is 0 Å². The Hall–Kier alpha value is -3.06. The summed E-state index contributed by atoms with van der Waals surface area (Å²) in [7, 11) is 0. The van der Waals surface area contributed by atoms with Crippen molar-refractivity contribution in [1.29, 1.82) is 0 Å². The molecule has 1 aromatic heterocycles. The lowest BCUT2D eigenvalue weighted by molar-refractivity contribution is 0.0532. The highest BCUT2D eigenvalue weighted by Crippen LogP contribution is 2.34. The topological polar surface area (TPSA) is 59.1 Å². The number of carbonyl (C=O) groups is 2. The molecule has 0 saturated carbocycles. The van der Waals surface area contributed by atoms with Crippen LogP contribution in [0.15, 0.2) is 54.6 Å². The number of fused-ring (bicyclic) bond motifs is 1. The van der Waals surface area contributed by atoms with Crippen LogP contribution in [0.2, 0.25) is 0 Å². The van der Waals surface area contributed by atoms with Gasteiger partial charge in [-0.15, -0.1) is 11.3 Å². The summed E-state index contributed by atoms with van der Waals surface area (Å²) in [4.78, 5) is 29.1. The SMILES string of the molecule is CCOC(=O)c1cc2c(N3CCN(C(=O)Oc4ccccc4)CC3)cccc2s1. The highest BCUT2D eigenvalue weighted by atomic mass is 32.1. The van der Waals surface area contributed by atoms with Crippen LogP contribution >= 0.6 is 11.3 Å². The average Bonchev–Trinajstić information content (AvgIpc) is 3.19. The van der Waals surface area contributed by atoms with Crippen LogP contribution in [0.25, 0.3) is 10.1 Å². The zero-order valence-electron chi connectivity index (χ0n) is 16.2. The van der Waals surface area contributed by atoms with Gasteiger partial charge in [-0.1, -0.05) is 24.3 Å². The molecule has 29 heavy (non-hydrogen) atoms. The molecule has 0 unspecified atom stereocenters. The second-order valence-electron chi connectivity index (χ2n) is 6.68. The molecule has 0 radical (unpaired) electrons.